The Morgan fingerprint density at radius 3 is 2.77 bits per heavy atom. The number of anilines is 2. The Bertz CT molecular complexity index is 1090. The Hall–Kier alpha value is -3.35. The molecule has 1 aliphatic heterocycles. The average Bonchev–Trinajstić information content (AvgIpc) is 3.65. The molecule has 6 nitrogen and oxygen atoms in total. The number of amides is 1. The summed E-state index contributed by atoms with van der Waals surface area (Å²) in [5.41, 5.74) is 2.26. The Balaban J connectivity index is 1.47. The van der Waals surface area contributed by atoms with E-state index in [0.717, 1.165) is 43.5 Å². The first-order chi connectivity index (χ1) is 15.2. The molecule has 1 N–H and O–H groups in total. The number of piperidine rings is 1. The van der Waals surface area contributed by atoms with Gasteiger partial charge in [-0.1, -0.05) is 6.07 Å². The zero-order chi connectivity index (χ0) is 21.2. The molecule has 0 unspecified atom stereocenters. The lowest BCUT2D eigenvalue weighted by Crippen LogP contribution is -2.40. The van der Waals surface area contributed by atoms with Crippen LogP contribution < -0.4 is 5.32 Å². The fraction of sp³-hybridized carbons (Fsp3) is 0.333. The van der Waals surface area contributed by atoms with Crippen molar-refractivity contribution in [2.24, 2.45) is 5.92 Å². The summed E-state index contributed by atoms with van der Waals surface area (Å²) in [6.07, 6.45) is 7.38. The molecule has 0 bridgehead atoms. The third-order valence-corrected chi connectivity index (χ3v) is 5.82. The van der Waals surface area contributed by atoms with E-state index >= 15 is 0 Å². The van der Waals surface area contributed by atoms with Crippen molar-refractivity contribution in [2.75, 3.05) is 18.4 Å². The molecule has 3 aromatic rings. The molecule has 0 spiro atoms. The van der Waals surface area contributed by atoms with E-state index in [9.17, 15) is 9.18 Å². The van der Waals surface area contributed by atoms with Crippen LogP contribution in [0.2, 0.25) is 0 Å². The zero-order valence-corrected chi connectivity index (χ0v) is 17.2. The van der Waals surface area contributed by atoms with Gasteiger partial charge in [0, 0.05) is 54.6 Å². The van der Waals surface area contributed by atoms with Gasteiger partial charge >= 0.3 is 0 Å². The molecule has 1 amide bonds. The van der Waals surface area contributed by atoms with Gasteiger partial charge in [-0.3, -0.25) is 9.78 Å². The average molecular weight is 417 g/mol. The summed E-state index contributed by atoms with van der Waals surface area (Å²) in [7, 11) is 0. The lowest BCUT2D eigenvalue weighted by atomic mass is 9.96. The summed E-state index contributed by atoms with van der Waals surface area (Å²) in [4.78, 5) is 28.4. The number of rotatable bonds is 5. The van der Waals surface area contributed by atoms with Gasteiger partial charge in [0.15, 0.2) is 0 Å². The van der Waals surface area contributed by atoms with Crippen LogP contribution in [0.5, 0.6) is 0 Å². The quantitative estimate of drug-likeness (QED) is 0.660. The fourth-order valence-corrected chi connectivity index (χ4v) is 4.07. The first-order valence-corrected chi connectivity index (χ1v) is 10.8. The molecular formula is C24H24FN5O. The maximum atomic E-state index is 13.7. The second-order valence-electron chi connectivity index (χ2n) is 8.27. The van der Waals surface area contributed by atoms with Crippen molar-refractivity contribution >= 4 is 17.4 Å². The second kappa shape index (κ2) is 8.41. The van der Waals surface area contributed by atoms with Crippen LogP contribution in [0.1, 0.15) is 37.4 Å². The topological polar surface area (TPSA) is 71.0 Å². The SMILES string of the molecule is O=C(C1CC1)N1CCC[C@H](c2nc(Nc3cccc(F)c3)cc(-c3cccnc3)n2)C1. The van der Waals surface area contributed by atoms with Crippen LogP contribution in [0.15, 0.2) is 54.9 Å². The van der Waals surface area contributed by atoms with Crippen LogP contribution in [-0.2, 0) is 4.79 Å². The Labute approximate surface area is 180 Å². The molecule has 1 saturated carbocycles. The van der Waals surface area contributed by atoms with Gasteiger partial charge in [-0.05, 0) is 56.0 Å². The second-order valence-corrected chi connectivity index (χ2v) is 8.27. The van der Waals surface area contributed by atoms with Crippen molar-refractivity contribution < 1.29 is 9.18 Å². The predicted molar refractivity (Wildman–Crippen MR) is 116 cm³/mol. The van der Waals surface area contributed by atoms with E-state index in [1.165, 1.54) is 12.1 Å². The summed E-state index contributed by atoms with van der Waals surface area (Å²) in [5, 5.41) is 3.20. The van der Waals surface area contributed by atoms with E-state index in [-0.39, 0.29) is 23.6 Å². The third kappa shape index (κ3) is 4.55. The first kappa shape index (κ1) is 19.6. The van der Waals surface area contributed by atoms with Gasteiger partial charge in [0.05, 0.1) is 5.69 Å². The van der Waals surface area contributed by atoms with Crippen molar-refractivity contribution in [1.29, 1.82) is 0 Å². The van der Waals surface area contributed by atoms with E-state index < -0.39 is 0 Å². The number of benzene rings is 1. The lowest BCUT2D eigenvalue weighted by Gasteiger charge is -2.32. The molecule has 7 heteroatoms. The highest BCUT2D eigenvalue weighted by Gasteiger charge is 2.36. The van der Waals surface area contributed by atoms with Gasteiger partial charge in [-0.25, -0.2) is 14.4 Å². The lowest BCUT2D eigenvalue weighted by molar-refractivity contribution is -0.133. The smallest absolute Gasteiger partial charge is 0.225 e. The number of hydrogen-bond acceptors (Lipinski definition) is 5. The molecule has 1 atom stereocenters. The van der Waals surface area contributed by atoms with E-state index in [1.807, 2.05) is 23.1 Å². The highest BCUT2D eigenvalue weighted by atomic mass is 19.1. The minimum atomic E-state index is -0.312. The molecule has 5 rings (SSSR count). The van der Waals surface area contributed by atoms with Gasteiger partial charge in [-0.15, -0.1) is 0 Å². The molecule has 0 radical (unpaired) electrons. The predicted octanol–water partition coefficient (Wildman–Crippen LogP) is 4.54. The number of likely N-dealkylation sites (tertiary alicyclic amines) is 1. The number of halogens is 1. The largest absolute Gasteiger partial charge is 0.342 e. The minimum absolute atomic E-state index is 0.0705. The molecular weight excluding hydrogens is 393 g/mol. The summed E-state index contributed by atoms with van der Waals surface area (Å²) < 4.78 is 13.7. The minimum Gasteiger partial charge on any atom is -0.342 e. The van der Waals surface area contributed by atoms with Crippen molar-refractivity contribution in [3.05, 3.63) is 66.5 Å². The third-order valence-electron chi connectivity index (χ3n) is 5.82. The molecule has 1 aliphatic carbocycles. The van der Waals surface area contributed by atoms with Crippen LogP contribution in [0.25, 0.3) is 11.3 Å². The number of carbonyl (C=O) groups excluding carboxylic acids is 1. The maximum Gasteiger partial charge on any atom is 0.225 e. The van der Waals surface area contributed by atoms with E-state index in [1.54, 1.807) is 24.5 Å². The molecule has 158 valence electrons. The summed E-state index contributed by atoms with van der Waals surface area (Å²) in [5.74, 6) is 1.54. The molecule has 2 aromatic heterocycles. The summed E-state index contributed by atoms with van der Waals surface area (Å²) >= 11 is 0. The highest BCUT2D eigenvalue weighted by molar-refractivity contribution is 5.81. The number of nitrogens with zero attached hydrogens (tertiary/aromatic N) is 4. The molecule has 2 aliphatic rings. The van der Waals surface area contributed by atoms with Gasteiger partial charge in [-0.2, -0.15) is 0 Å². The van der Waals surface area contributed by atoms with Gasteiger partial charge in [0.25, 0.3) is 0 Å². The highest BCUT2D eigenvalue weighted by Crippen LogP contribution is 2.34. The van der Waals surface area contributed by atoms with Crippen LogP contribution in [-0.4, -0.2) is 38.8 Å². The molecule has 1 saturated heterocycles. The van der Waals surface area contributed by atoms with Gasteiger partial charge in [0.2, 0.25) is 5.91 Å². The molecule has 2 fully saturated rings. The number of hydrogen-bond donors (Lipinski definition) is 1. The van der Waals surface area contributed by atoms with Crippen LogP contribution in [0.4, 0.5) is 15.9 Å². The van der Waals surface area contributed by atoms with E-state index in [2.05, 4.69) is 10.3 Å². The molecule has 31 heavy (non-hydrogen) atoms. The summed E-state index contributed by atoms with van der Waals surface area (Å²) in [6, 6.07) is 12.0. The Kier molecular flexibility index (Phi) is 5.32. The fourth-order valence-electron chi connectivity index (χ4n) is 4.07. The number of aromatic nitrogens is 3. The number of carbonyl (C=O) groups is 1. The monoisotopic (exact) mass is 417 g/mol. The number of pyridine rings is 1. The van der Waals surface area contributed by atoms with Crippen molar-refractivity contribution in [3.8, 4) is 11.3 Å². The maximum absolute atomic E-state index is 13.7. The van der Waals surface area contributed by atoms with Crippen LogP contribution >= 0.6 is 0 Å². The Morgan fingerprint density at radius 1 is 1.10 bits per heavy atom. The Morgan fingerprint density at radius 2 is 2.00 bits per heavy atom. The van der Waals surface area contributed by atoms with Crippen molar-refractivity contribution in [3.63, 3.8) is 0 Å². The van der Waals surface area contributed by atoms with Gasteiger partial charge < -0.3 is 10.2 Å². The van der Waals surface area contributed by atoms with Crippen molar-refractivity contribution in [2.45, 2.75) is 31.6 Å². The molecule has 3 heterocycles. The number of nitrogens with one attached hydrogen (secondary N) is 1. The van der Waals surface area contributed by atoms with Crippen molar-refractivity contribution in [1.82, 2.24) is 19.9 Å². The van der Waals surface area contributed by atoms with E-state index in [4.69, 9.17) is 9.97 Å². The normalized spacial score (nSPS) is 18.6. The van der Waals surface area contributed by atoms with E-state index in [0.29, 0.717) is 23.9 Å². The standard InChI is InChI=1S/C24H24FN5O/c25-19-6-1-7-20(12-19)27-22-13-21(17-4-2-10-26-14-17)28-23(29-22)18-5-3-11-30(15-18)24(31)16-8-9-16/h1-2,4,6-7,10,12-14,16,18H,3,5,8-9,11,15H2,(H,27,28,29)/t18-/m0/s1. The van der Waals surface area contributed by atoms with Crippen LogP contribution in [0.3, 0.4) is 0 Å². The van der Waals surface area contributed by atoms with Crippen LogP contribution in [0, 0.1) is 11.7 Å². The first-order valence-electron chi connectivity index (χ1n) is 10.8. The molecule has 1 aromatic carbocycles. The van der Waals surface area contributed by atoms with Gasteiger partial charge in [0.1, 0.15) is 17.5 Å². The summed E-state index contributed by atoms with van der Waals surface area (Å²) in [6.45, 7) is 1.45. The zero-order valence-electron chi connectivity index (χ0n) is 17.2.